The predicted molar refractivity (Wildman–Crippen MR) is 229 cm³/mol. The number of carbonyl (C=O) groups is 4. The summed E-state index contributed by atoms with van der Waals surface area (Å²) in [7, 11) is -2.61. The molecule has 1 saturated heterocycles. The fourth-order valence-electron chi connectivity index (χ4n) is 10.0. The molecule has 3 N–H and O–H groups in total. The molecule has 4 fully saturated rings. The van der Waals surface area contributed by atoms with Crippen molar-refractivity contribution in [3.63, 3.8) is 0 Å². The van der Waals surface area contributed by atoms with Crippen LogP contribution < -0.4 is 24.8 Å². The molecule has 1 aromatic heterocycles. The molecular weight excluding hydrogens is 839 g/mol. The maximum atomic E-state index is 15.2. The number of hydrogen-bond acceptors (Lipinski definition) is 11. The molecule has 18 heteroatoms. The summed E-state index contributed by atoms with van der Waals surface area (Å²) in [4.78, 5) is 69.4. The number of nitrogens with zero attached hydrogens (tertiary/aromatic N) is 3. The average Bonchev–Trinajstić information content (AvgIpc) is 4.06. The monoisotopic (exact) mass is 902 g/mol. The highest BCUT2D eigenvalue weighted by molar-refractivity contribution is 7.91. The zero-order chi connectivity index (χ0) is 45.7. The Bertz CT molecular complexity index is 2200. The highest BCUT2D eigenvalue weighted by Gasteiger charge is 2.64. The third-order valence-corrected chi connectivity index (χ3v) is 16.6. The number of amides is 4. The van der Waals surface area contributed by atoms with Crippen molar-refractivity contribution >= 4 is 44.9 Å². The Labute approximate surface area is 369 Å². The lowest BCUT2D eigenvalue weighted by molar-refractivity contribution is -0.144. The van der Waals surface area contributed by atoms with E-state index < -0.39 is 98.0 Å². The SMILES string of the molecule is CC[C@H]1C(C(=O)N[C@]2(C(=O)NS(=O)(=O)C3(C)CC3)C[C@H]2CCC(F)F)N2C[C@@H]1Oc1nc3cc(OC)ccc3nc1CCCCC[C@@H]1CCC[C@@]1(C)OC(=O)N[C@@H](C(C)(C)C)C2=O. The summed E-state index contributed by atoms with van der Waals surface area (Å²) in [6, 6.07) is 2.89. The molecule has 4 amide bonds. The topological polar surface area (TPSA) is 195 Å². The first-order valence-corrected chi connectivity index (χ1v) is 24.1. The van der Waals surface area contributed by atoms with Gasteiger partial charge < -0.3 is 29.7 Å². The van der Waals surface area contributed by atoms with Crippen LogP contribution in [-0.2, 0) is 35.6 Å². The molecule has 2 aliphatic heterocycles. The highest BCUT2D eigenvalue weighted by Crippen LogP contribution is 2.50. The van der Waals surface area contributed by atoms with Gasteiger partial charge in [0.2, 0.25) is 34.1 Å². The molecule has 8 atom stereocenters. The van der Waals surface area contributed by atoms with Gasteiger partial charge in [-0.15, -0.1) is 0 Å². The van der Waals surface area contributed by atoms with Gasteiger partial charge in [-0.1, -0.05) is 40.5 Å². The minimum atomic E-state index is -4.16. The van der Waals surface area contributed by atoms with Gasteiger partial charge in [-0.2, -0.15) is 0 Å². The number of halogens is 2. The van der Waals surface area contributed by atoms with E-state index in [1.807, 2.05) is 19.9 Å². The highest BCUT2D eigenvalue weighted by atomic mass is 32.2. The van der Waals surface area contributed by atoms with Crippen LogP contribution in [0.4, 0.5) is 13.6 Å². The fourth-order valence-corrected chi connectivity index (χ4v) is 11.3. The van der Waals surface area contributed by atoms with Gasteiger partial charge in [0.1, 0.15) is 40.8 Å². The molecule has 0 spiro atoms. The molecule has 348 valence electrons. The first kappa shape index (κ1) is 46.6. The number of aromatic nitrogens is 2. The van der Waals surface area contributed by atoms with E-state index in [1.165, 1.54) is 11.8 Å². The second kappa shape index (κ2) is 17.6. The minimum absolute atomic E-state index is 0.0712. The number of fused-ring (bicyclic) bond motifs is 5. The molecule has 3 saturated carbocycles. The Morgan fingerprint density at radius 3 is 2.44 bits per heavy atom. The lowest BCUT2D eigenvalue weighted by atomic mass is 9.85. The number of rotatable bonds is 10. The fraction of sp³-hybridized carbons (Fsp3) is 0.733. The number of nitrogens with one attached hydrogen (secondary N) is 3. The first-order valence-electron chi connectivity index (χ1n) is 22.6. The third-order valence-electron chi connectivity index (χ3n) is 14.5. The number of ether oxygens (including phenoxy) is 3. The molecule has 2 bridgehead atoms. The Morgan fingerprint density at radius 2 is 1.78 bits per heavy atom. The number of hydrogen-bond donors (Lipinski definition) is 3. The van der Waals surface area contributed by atoms with Gasteiger partial charge in [0.05, 0.1) is 29.4 Å². The maximum Gasteiger partial charge on any atom is 0.408 e. The third kappa shape index (κ3) is 9.56. The molecule has 1 aromatic carbocycles. The van der Waals surface area contributed by atoms with Crippen molar-refractivity contribution in [3.05, 3.63) is 23.9 Å². The number of alkyl carbamates (subject to hydrolysis) is 1. The predicted octanol–water partition coefficient (Wildman–Crippen LogP) is 6.36. The van der Waals surface area contributed by atoms with Crippen molar-refractivity contribution in [2.24, 2.45) is 23.2 Å². The van der Waals surface area contributed by atoms with Crippen LogP contribution in [0, 0.1) is 23.2 Å². The number of aryl methyl sites for hydroxylation is 1. The Morgan fingerprint density at radius 1 is 1.05 bits per heavy atom. The van der Waals surface area contributed by atoms with E-state index >= 15 is 9.59 Å². The lowest BCUT2D eigenvalue weighted by Gasteiger charge is -2.37. The summed E-state index contributed by atoms with van der Waals surface area (Å²) in [5, 5.41) is 5.68. The van der Waals surface area contributed by atoms with Gasteiger partial charge in [0.15, 0.2) is 0 Å². The van der Waals surface area contributed by atoms with Gasteiger partial charge in [0.25, 0.3) is 5.91 Å². The zero-order valence-corrected chi connectivity index (χ0v) is 38.4. The van der Waals surface area contributed by atoms with Crippen LogP contribution in [0.2, 0.25) is 0 Å². The zero-order valence-electron chi connectivity index (χ0n) is 37.6. The Hall–Kier alpha value is -4.35. The maximum absolute atomic E-state index is 15.2. The number of carbonyl (C=O) groups excluding carboxylic acids is 4. The summed E-state index contributed by atoms with van der Waals surface area (Å²) in [6.45, 7) is 10.6. The molecular formula is C45H64F2N6O9S. The van der Waals surface area contributed by atoms with Crippen molar-refractivity contribution in [1.82, 2.24) is 30.2 Å². The molecule has 63 heavy (non-hydrogen) atoms. The van der Waals surface area contributed by atoms with Crippen LogP contribution in [0.3, 0.4) is 0 Å². The first-order chi connectivity index (χ1) is 29.6. The van der Waals surface area contributed by atoms with Crippen LogP contribution in [0.1, 0.15) is 131 Å². The van der Waals surface area contributed by atoms with Crippen molar-refractivity contribution < 1.29 is 50.6 Å². The minimum Gasteiger partial charge on any atom is -0.497 e. The lowest BCUT2D eigenvalue weighted by Crippen LogP contribution is -2.61. The van der Waals surface area contributed by atoms with E-state index in [2.05, 4.69) is 15.4 Å². The molecule has 5 aliphatic rings. The Balaban J connectivity index is 1.28. The standard InChI is InChI=1S/C45H64F2N6O9S/c1-8-29-33-25-53(35(29)37(54)51-45(24-27(45)16-19-34(46)47)40(56)52-63(58,59)43(5)21-22-43)39(55)36(42(2,3)4)50-41(57)62-44(6)20-12-14-26(44)13-10-9-11-15-31-38(61-33)49-32-23-28(60-7)17-18-30(32)48-31/h17-18,23,26-27,29,33-36H,8-16,19-22,24-25H2,1-7H3,(H,50,57)(H,51,54)(H,52,56)/t26-,27-,29-,33+,35?,36-,44-,45-/m1/s1. The second-order valence-corrected chi connectivity index (χ2v) is 22.2. The summed E-state index contributed by atoms with van der Waals surface area (Å²) in [6.07, 6.45) is 2.37. The van der Waals surface area contributed by atoms with Gasteiger partial charge in [-0.05, 0) is 114 Å². The van der Waals surface area contributed by atoms with E-state index in [-0.39, 0.29) is 31.2 Å². The molecule has 3 heterocycles. The average molecular weight is 903 g/mol. The summed E-state index contributed by atoms with van der Waals surface area (Å²) < 4.78 is 73.1. The van der Waals surface area contributed by atoms with E-state index in [1.54, 1.807) is 40.0 Å². The van der Waals surface area contributed by atoms with Crippen LogP contribution in [0.15, 0.2) is 18.2 Å². The molecule has 0 radical (unpaired) electrons. The van der Waals surface area contributed by atoms with E-state index in [0.717, 1.165) is 38.5 Å². The van der Waals surface area contributed by atoms with Crippen molar-refractivity contribution in [3.8, 4) is 11.6 Å². The van der Waals surface area contributed by atoms with E-state index in [9.17, 15) is 26.8 Å². The van der Waals surface area contributed by atoms with Crippen LogP contribution in [0.5, 0.6) is 11.6 Å². The quantitative estimate of drug-likeness (QED) is 0.240. The van der Waals surface area contributed by atoms with E-state index in [0.29, 0.717) is 54.6 Å². The molecule has 15 nitrogen and oxygen atoms in total. The van der Waals surface area contributed by atoms with E-state index in [4.69, 9.17) is 24.2 Å². The van der Waals surface area contributed by atoms with Crippen LogP contribution in [0.25, 0.3) is 11.0 Å². The number of methoxy groups -OCH3 is 1. The van der Waals surface area contributed by atoms with Crippen molar-refractivity contribution in [2.45, 2.75) is 172 Å². The van der Waals surface area contributed by atoms with Gasteiger partial charge >= 0.3 is 6.09 Å². The summed E-state index contributed by atoms with van der Waals surface area (Å²) in [5.74, 6) is -2.94. The summed E-state index contributed by atoms with van der Waals surface area (Å²) >= 11 is 0. The van der Waals surface area contributed by atoms with Crippen molar-refractivity contribution in [1.29, 1.82) is 0 Å². The Kier molecular flexibility index (Phi) is 13.0. The molecule has 2 aromatic rings. The molecule has 7 rings (SSSR count). The van der Waals surface area contributed by atoms with Crippen LogP contribution >= 0.6 is 0 Å². The van der Waals surface area contributed by atoms with Gasteiger partial charge in [0, 0.05) is 18.4 Å². The summed E-state index contributed by atoms with van der Waals surface area (Å²) in [5.41, 5.74) is -1.68. The number of benzene rings is 1. The molecule has 3 aliphatic carbocycles. The smallest absolute Gasteiger partial charge is 0.408 e. The largest absolute Gasteiger partial charge is 0.497 e. The normalized spacial score (nSPS) is 31.1. The number of sulfonamides is 1. The van der Waals surface area contributed by atoms with Crippen LogP contribution in [-0.4, -0.2) is 101 Å². The molecule has 1 unspecified atom stereocenters. The van der Waals surface area contributed by atoms with Gasteiger partial charge in [-0.25, -0.2) is 32.0 Å². The van der Waals surface area contributed by atoms with Crippen molar-refractivity contribution in [2.75, 3.05) is 13.7 Å². The van der Waals surface area contributed by atoms with Gasteiger partial charge in [-0.3, -0.25) is 19.1 Å². The number of alkyl halides is 2. The second-order valence-electron chi connectivity index (χ2n) is 20.0.